The summed E-state index contributed by atoms with van der Waals surface area (Å²) >= 11 is 0. The molecule has 1 unspecified atom stereocenters. The highest BCUT2D eigenvalue weighted by Crippen LogP contribution is 2.24. The first-order chi connectivity index (χ1) is 11.6. The second-order valence-electron chi connectivity index (χ2n) is 6.39. The Morgan fingerprint density at radius 2 is 1.92 bits per heavy atom. The standard InChI is InChI=1S/C19H26N4O/c1-14-6-4-5-7-17(14)18-13-20-8-9-23(18)10-11-24-19-21-15(2)12-16(3)22-19/h4-7,12,18,20H,8-11,13H2,1-3H3. The highest BCUT2D eigenvalue weighted by molar-refractivity contribution is 5.29. The first-order valence-corrected chi connectivity index (χ1v) is 8.59. The number of aryl methyl sites for hydroxylation is 3. The largest absolute Gasteiger partial charge is 0.462 e. The van der Waals surface area contributed by atoms with Crippen molar-refractivity contribution in [3.05, 3.63) is 52.8 Å². The van der Waals surface area contributed by atoms with Crippen molar-refractivity contribution >= 4 is 0 Å². The van der Waals surface area contributed by atoms with Crippen molar-refractivity contribution in [2.45, 2.75) is 26.8 Å². The summed E-state index contributed by atoms with van der Waals surface area (Å²) in [5.41, 5.74) is 4.62. The maximum absolute atomic E-state index is 5.80. The van der Waals surface area contributed by atoms with Crippen molar-refractivity contribution in [3.63, 3.8) is 0 Å². The number of nitrogens with zero attached hydrogens (tertiary/aromatic N) is 3. The highest BCUT2D eigenvalue weighted by Gasteiger charge is 2.24. The molecule has 1 aliphatic heterocycles. The van der Waals surface area contributed by atoms with Gasteiger partial charge in [0.05, 0.1) is 0 Å². The minimum absolute atomic E-state index is 0.392. The van der Waals surface area contributed by atoms with Crippen molar-refractivity contribution in [3.8, 4) is 6.01 Å². The molecule has 0 spiro atoms. The molecule has 2 heterocycles. The zero-order valence-electron chi connectivity index (χ0n) is 14.7. The molecule has 2 aromatic rings. The molecule has 1 aromatic carbocycles. The lowest BCUT2D eigenvalue weighted by Gasteiger charge is -2.37. The van der Waals surface area contributed by atoms with Crippen LogP contribution in [0.15, 0.2) is 30.3 Å². The van der Waals surface area contributed by atoms with Crippen LogP contribution in [0, 0.1) is 20.8 Å². The Bertz CT molecular complexity index is 669. The van der Waals surface area contributed by atoms with Crippen LogP contribution in [0.3, 0.4) is 0 Å². The number of aromatic nitrogens is 2. The quantitative estimate of drug-likeness (QED) is 0.914. The van der Waals surface area contributed by atoms with E-state index in [1.165, 1.54) is 11.1 Å². The Morgan fingerprint density at radius 3 is 2.67 bits per heavy atom. The molecule has 5 heteroatoms. The van der Waals surface area contributed by atoms with Crippen molar-refractivity contribution in [1.82, 2.24) is 20.2 Å². The van der Waals surface area contributed by atoms with Gasteiger partial charge in [-0.3, -0.25) is 4.90 Å². The normalized spacial score (nSPS) is 18.5. The maximum Gasteiger partial charge on any atom is 0.316 e. The van der Waals surface area contributed by atoms with E-state index in [0.717, 1.165) is 37.6 Å². The van der Waals surface area contributed by atoms with Crippen molar-refractivity contribution < 1.29 is 4.74 Å². The molecule has 24 heavy (non-hydrogen) atoms. The van der Waals surface area contributed by atoms with E-state index in [9.17, 15) is 0 Å². The fourth-order valence-corrected chi connectivity index (χ4v) is 3.29. The zero-order chi connectivity index (χ0) is 16.9. The number of hydrogen-bond acceptors (Lipinski definition) is 5. The number of ether oxygens (including phenoxy) is 1. The summed E-state index contributed by atoms with van der Waals surface area (Å²) in [6, 6.07) is 11.5. The summed E-state index contributed by atoms with van der Waals surface area (Å²) in [4.78, 5) is 11.2. The van der Waals surface area contributed by atoms with Gasteiger partial charge in [-0.2, -0.15) is 0 Å². The van der Waals surface area contributed by atoms with Gasteiger partial charge in [0.1, 0.15) is 6.61 Å². The third-order valence-corrected chi connectivity index (χ3v) is 4.47. The molecular weight excluding hydrogens is 300 g/mol. The van der Waals surface area contributed by atoms with E-state index >= 15 is 0 Å². The number of benzene rings is 1. The van der Waals surface area contributed by atoms with Gasteiger partial charge in [-0.15, -0.1) is 0 Å². The van der Waals surface area contributed by atoms with E-state index in [4.69, 9.17) is 4.74 Å². The second kappa shape index (κ2) is 7.73. The van der Waals surface area contributed by atoms with Crippen LogP contribution < -0.4 is 10.1 Å². The molecule has 1 aliphatic rings. The van der Waals surface area contributed by atoms with E-state index in [1.54, 1.807) is 0 Å². The lowest BCUT2D eigenvalue weighted by atomic mass is 9.98. The first kappa shape index (κ1) is 16.9. The Morgan fingerprint density at radius 1 is 1.17 bits per heavy atom. The molecule has 0 saturated carbocycles. The van der Waals surface area contributed by atoms with Gasteiger partial charge in [-0.25, -0.2) is 9.97 Å². The average molecular weight is 326 g/mol. The van der Waals surface area contributed by atoms with Crippen LogP contribution >= 0.6 is 0 Å². The summed E-state index contributed by atoms with van der Waals surface area (Å²) < 4.78 is 5.80. The van der Waals surface area contributed by atoms with E-state index < -0.39 is 0 Å². The number of hydrogen-bond donors (Lipinski definition) is 1. The molecule has 1 N–H and O–H groups in total. The van der Waals surface area contributed by atoms with Crippen molar-refractivity contribution in [2.75, 3.05) is 32.8 Å². The minimum Gasteiger partial charge on any atom is -0.462 e. The topological polar surface area (TPSA) is 50.3 Å². The Labute approximate surface area is 144 Å². The zero-order valence-corrected chi connectivity index (χ0v) is 14.7. The van der Waals surface area contributed by atoms with Gasteiger partial charge in [-0.1, -0.05) is 24.3 Å². The first-order valence-electron chi connectivity index (χ1n) is 8.59. The van der Waals surface area contributed by atoms with Crippen LogP contribution in [-0.2, 0) is 0 Å². The third kappa shape index (κ3) is 4.10. The summed E-state index contributed by atoms with van der Waals surface area (Å²) in [7, 11) is 0. The predicted molar refractivity (Wildman–Crippen MR) is 95.4 cm³/mol. The number of piperazine rings is 1. The Kier molecular flexibility index (Phi) is 5.43. The fourth-order valence-electron chi connectivity index (χ4n) is 3.29. The molecular formula is C19H26N4O. The molecule has 0 amide bonds. The fraction of sp³-hybridized carbons (Fsp3) is 0.474. The van der Waals surface area contributed by atoms with Crippen LogP contribution in [-0.4, -0.2) is 47.7 Å². The summed E-state index contributed by atoms with van der Waals surface area (Å²) in [5, 5.41) is 3.51. The maximum atomic E-state index is 5.80. The summed E-state index contributed by atoms with van der Waals surface area (Å²) in [5.74, 6) is 0. The summed E-state index contributed by atoms with van der Waals surface area (Å²) in [6.45, 7) is 10.6. The predicted octanol–water partition coefficient (Wildman–Crippen LogP) is 2.43. The van der Waals surface area contributed by atoms with Crippen LogP contribution in [0.2, 0.25) is 0 Å². The van der Waals surface area contributed by atoms with Gasteiger partial charge < -0.3 is 10.1 Å². The van der Waals surface area contributed by atoms with Crippen LogP contribution in [0.1, 0.15) is 28.6 Å². The van der Waals surface area contributed by atoms with E-state index in [1.807, 2.05) is 19.9 Å². The van der Waals surface area contributed by atoms with E-state index in [0.29, 0.717) is 18.7 Å². The molecule has 128 valence electrons. The molecule has 1 fully saturated rings. The Balaban J connectivity index is 1.63. The molecule has 0 bridgehead atoms. The molecule has 3 rings (SSSR count). The highest BCUT2D eigenvalue weighted by atomic mass is 16.5. The van der Waals surface area contributed by atoms with Gasteiger partial charge in [0, 0.05) is 43.6 Å². The van der Waals surface area contributed by atoms with Gasteiger partial charge in [0.25, 0.3) is 0 Å². The van der Waals surface area contributed by atoms with Crippen LogP contribution in [0.25, 0.3) is 0 Å². The average Bonchev–Trinajstić information content (AvgIpc) is 2.55. The van der Waals surface area contributed by atoms with E-state index in [2.05, 4.69) is 51.4 Å². The molecule has 5 nitrogen and oxygen atoms in total. The van der Waals surface area contributed by atoms with Crippen LogP contribution in [0.5, 0.6) is 6.01 Å². The lowest BCUT2D eigenvalue weighted by Crippen LogP contribution is -2.47. The van der Waals surface area contributed by atoms with Gasteiger partial charge in [0.2, 0.25) is 0 Å². The SMILES string of the molecule is Cc1cc(C)nc(OCCN2CCNCC2c2ccccc2C)n1. The van der Waals surface area contributed by atoms with Crippen LogP contribution in [0.4, 0.5) is 0 Å². The van der Waals surface area contributed by atoms with Gasteiger partial charge >= 0.3 is 6.01 Å². The smallest absolute Gasteiger partial charge is 0.316 e. The molecule has 1 atom stereocenters. The summed E-state index contributed by atoms with van der Waals surface area (Å²) in [6.07, 6.45) is 0. The molecule has 0 aliphatic carbocycles. The second-order valence-corrected chi connectivity index (χ2v) is 6.39. The van der Waals surface area contributed by atoms with Crippen molar-refractivity contribution in [1.29, 1.82) is 0 Å². The molecule has 0 radical (unpaired) electrons. The van der Waals surface area contributed by atoms with Gasteiger partial charge in [-0.05, 0) is 38.0 Å². The number of nitrogens with one attached hydrogen (secondary N) is 1. The molecule has 1 aromatic heterocycles. The van der Waals surface area contributed by atoms with Gasteiger partial charge in [0.15, 0.2) is 0 Å². The molecule has 1 saturated heterocycles. The Hall–Kier alpha value is -1.98. The number of rotatable bonds is 5. The lowest BCUT2D eigenvalue weighted by molar-refractivity contribution is 0.130. The minimum atomic E-state index is 0.392. The third-order valence-electron chi connectivity index (χ3n) is 4.47. The monoisotopic (exact) mass is 326 g/mol. The van der Waals surface area contributed by atoms with E-state index in [-0.39, 0.29) is 0 Å². The van der Waals surface area contributed by atoms with Crippen molar-refractivity contribution in [2.24, 2.45) is 0 Å².